The largest absolute Gasteiger partial charge is 0.426 e. The van der Waals surface area contributed by atoms with Crippen molar-refractivity contribution < 1.29 is 17.0 Å². The average molecular weight is 283 g/mol. The molecule has 0 unspecified atom stereocenters. The number of para-hydroxylation sites is 2. The number of unbranched alkanes of at least 4 members (excludes halogenated alkanes) is 3. The third kappa shape index (κ3) is 3.54. The first-order valence-electron chi connectivity index (χ1n) is 6.38. The summed E-state index contributed by atoms with van der Waals surface area (Å²) in [7, 11) is -3.89. The highest BCUT2D eigenvalue weighted by Crippen LogP contribution is 2.19. The van der Waals surface area contributed by atoms with Crippen LogP contribution in [0, 0.1) is 0 Å². The van der Waals surface area contributed by atoms with Crippen molar-refractivity contribution in [1.29, 1.82) is 0 Å². The maximum absolute atomic E-state index is 11.9. The van der Waals surface area contributed by atoms with Gasteiger partial charge in [0, 0.05) is 0 Å². The molecule has 0 fully saturated rings. The highest BCUT2D eigenvalue weighted by atomic mass is 32.2. The van der Waals surface area contributed by atoms with Gasteiger partial charge in [0.25, 0.3) is 0 Å². The van der Waals surface area contributed by atoms with Crippen LogP contribution in [0.25, 0.3) is 11.1 Å². The van der Waals surface area contributed by atoms with Crippen molar-refractivity contribution in [2.75, 3.05) is 6.61 Å². The summed E-state index contributed by atoms with van der Waals surface area (Å²) in [5.41, 5.74) is 0.950. The van der Waals surface area contributed by atoms with Crippen LogP contribution in [0.4, 0.5) is 0 Å². The van der Waals surface area contributed by atoms with Gasteiger partial charge in [-0.1, -0.05) is 38.3 Å². The van der Waals surface area contributed by atoms with Gasteiger partial charge in [0.2, 0.25) is 0 Å². The van der Waals surface area contributed by atoms with Gasteiger partial charge in [-0.2, -0.15) is 13.4 Å². The fourth-order valence-corrected chi connectivity index (χ4v) is 2.55. The molecule has 1 aromatic heterocycles. The predicted molar refractivity (Wildman–Crippen MR) is 71.3 cm³/mol. The van der Waals surface area contributed by atoms with E-state index >= 15 is 0 Å². The van der Waals surface area contributed by atoms with Gasteiger partial charge in [-0.25, -0.2) is 0 Å². The van der Waals surface area contributed by atoms with E-state index < -0.39 is 10.1 Å². The van der Waals surface area contributed by atoms with Gasteiger partial charge in [-0.3, -0.25) is 4.18 Å². The van der Waals surface area contributed by atoms with Crippen molar-refractivity contribution in [3.63, 3.8) is 0 Å². The molecule has 104 valence electrons. The molecule has 0 aliphatic rings. The van der Waals surface area contributed by atoms with E-state index in [1.807, 2.05) is 0 Å². The normalized spacial score (nSPS) is 12.1. The first-order valence-corrected chi connectivity index (χ1v) is 7.79. The molecule has 0 saturated heterocycles. The van der Waals surface area contributed by atoms with Crippen LogP contribution in [0.2, 0.25) is 0 Å². The number of hydrogen-bond donors (Lipinski definition) is 0. The first-order chi connectivity index (χ1) is 9.13. The number of benzene rings is 1. The molecule has 0 radical (unpaired) electrons. The molecular weight excluding hydrogens is 266 g/mol. The number of hydrogen-bond acceptors (Lipinski definition) is 5. The van der Waals surface area contributed by atoms with E-state index in [9.17, 15) is 8.42 Å². The van der Waals surface area contributed by atoms with E-state index in [-0.39, 0.29) is 11.8 Å². The van der Waals surface area contributed by atoms with Crippen molar-refractivity contribution in [2.45, 2.75) is 37.8 Å². The van der Waals surface area contributed by atoms with Gasteiger partial charge in [-0.05, 0) is 18.6 Å². The summed E-state index contributed by atoms with van der Waals surface area (Å²) in [6, 6.07) is 6.89. The summed E-state index contributed by atoms with van der Waals surface area (Å²) < 4.78 is 33.8. The molecule has 0 spiro atoms. The molecule has 0 bridgehead atoms. The predicted octanol–water partition coefficient (Wildman–Crippen LogP) is 3.11. The minimum absolute atomic E-state index is 0.168. The Bertz CT molecular complexity index is 600. The van der Waals surface area contributed by atoms with E-state index in [4.69, 9.17) is 8.60 Å². The van der Waals surface area contributed by atoms with Crippen molar-refractivity contribution in [2.24, 2.45) is 0 Å². The van der Waals surface area contributed by atoms with Crippen molar-refractivity contribution in [3.8, 4) is 0 Å². The Morgan fingerprint density at radius 2 is 2.00 bits per heavy atom. The highest BCUT2D eigenvalue weighted by molar-refractivity contribution is 7.86. The Labute approximate surface area is 112 Å². The molecule has 0 aliphatic heterocycles. The zero-order valence-corrected chi connectivity index (χ0v) is 11.6. The third-order valence-electron chi connectivity index (χ3n) is 2.72. The quantitative estimate of drug-likeness (QED) is 0.577. The molecule has 1 heterocycles. The van der Waals surface area contributed by atoms with Gasteiger partial charge in [0.15, 0.2) is 5.58 Å². The maximum Gasteiger partial charge on any atom is 0.350 e. The highest BCUT2D eigenvalue weighted by Gasteiger charge is 2.22. The number of nitrogens with zero attached hydrogens (tertiary/aromatic N) is 1. The molecule has 0 saturated carbocycles. The van der Waals surface area contributed by atoms with E-state index in [2.05, 4.69) is 11.9 Å². The Morgan fingerprint density at radius 3 is 2.74 bits per heavy atom. The Kier molecular flexibility index (Phi) is 4.55. The van der Waals surface area contributed by atoms with Gasteiger partial charge in [-0.15, -0.1) is 0 Å². The van der Waals surface area contributed by atoms with Gasteiger partial charge < -0.3 is 4.42 Å². The van der Waals surface area contributed by atoms with E-state index in [1.165, 1.54) is 0 Å². The van der Waals surface area contributed by atoms with E-state index in [0.717, 1.165) is 19.3 Å². The van der Waals surface area contributed by atoms with Crippen molar-refractivity contribution in [1.82, 2.24) is 4.98 Å². The molecule has 2 aromatic rings. The van der Waals surface area contributed by atoms with E-state index in [0.29, 0.717) is 17.5 Å². The summed E-state index contributed by atoms with van der Waals surface area (Å²) in [5.74, 6) is 0. The van der Waals surface area contributed by atoms with Crippen LogP contribution in [0.1, 0.15) is 32.6 Å². The van der Waals surface area contributed by atoms with Crippen LogP contribution in [0.3, 0.4) is 0 Å². The number of fused-ring (bicyclic) bond motifs is 1. The minimum Gasteiger partial charge on any atom is -0.426 e. The van der Waals surface area contributed by atoms with Crippen LogP contribution >= 0.6 is 0 Å². The fraction of sp³-hybridized carbons (Fsp3) is 0.462. The summed E-state index contributed by atoms with van der Waals surface area (Å²) in [4.78, 5) is 3.92. The second kappa shape index (κ2) is 6.16. The number of oxazole rings is 1. The summed E-state index contributed by atoms with van der Waals surface area (Å²) in [6.45, 7) is 2.26. The average Bonchev–Trinajstić information content (AvgIpc) is 2.83. The molecule has 0 aliphatic carbocycles. The molecule has 6 heteroatoms. The Morgan fingerprint density at radius 1 is 1.21 bits per heavy atom. The molecule has 5 nitrogen and oxygen atoms in total. The lowest BCUT2D eigenvalue weighted by atomic mass is 10.2. The zero-order chi connectivity index (χ0) is 13.7. The van der Waals surface area contributed by atoms with Crippen LogP contribution in [-0.4, -0.2) is 20.0 Å². The molecule has 1 aromatic carbocycles. The standard InChI is InChI=1S/C13H17NO4S/c1-2-3-4-7-10-17-19(15,16)13-14-11-8-5-6-9-12(11)18-13/h5-6,8-9H,2-4,7,10H2,1H3. The summed E-state index contributed by atoms with van der Waals surface area (Å²) >= 11 is 0. The van der Waals surface area contributed by atoms with Crippen LogP contribution in [0.5, 0.6) is 0 Å². The molecule has 0 atom stereocenters. The molecular formula is C13H17NO4S. The lowest BCUT2D eigenvalue weighted by Crippen LogP contribution is -2.07. The minimum atomic E-state index is -3.89. The SMILES string of the molecule is CCCCCCOS(=O)(=O)c1nc2ccccc2o1. The van der Waals surface area contributed by atoms with Crippen LogP contribution in [-0.2, 0) is 14.3 Å². The Hall–Kier alpha value is -1.40. The summed E-state index contributed by atoms with van der Waals surface area (Å²) in [6.07, 6.45) is 3.84. The number of aromatic nitrogens is 1. The van der Waals surface area contributed by atoms with Crippen molar-refractivity contribution in [3.05, 3.63) is 24.3 Å². The zero-order valence-electron chi connectivity index (χ0n) is 10.8. The molecule has 19 heavy (non-hydrogen) atoms. The van der Waals surface area contributed by atoms with Crippen molar-refractivity contribution >= 4 is 21.2 Å². The first kappa shape index (κ1) is 14.0. The second-order valence-corrected chi connectivity index (χ2v) is 5.78. The fourth-order valence-electron chi connectivity index (χ4n) is 1.71. The van der Waals surface area contributed by atoms with Gasteiger partial charge in [0.1, 0.15) is 5.52 Å². The summed E-state index contributed by atoms with van der Waals surface area (Å²) in [5, 5.41) is -0.371. The van der Waals surface area contributed by atoms with E-state index in [1.54, 1.807) is 24.3 Å². The lowest BCUT2D eigenvalue weighted by Gasteiger charge is -2.01. The second-order valence-electron chi connectivity index (χ2n) is 4.28. The maximum atomic E-state index is 11.9. The Balaban J connectivity index is 2.02. The topological polar surface area (TPSA) is 69.4 Å². The molecule has 0 amide bonds. The monoisotopic (exact) mass is 283 g/mol. The smallest absolute Gasteiger partial charge is 0.350 e. The number of rotatable bonds is 7. The molecule has 2 rings (SSSR count). The molecule has 0 N–H and O–H groups in total. The van der Waals surface area contributed by atoms with Crippen LogP contribution in [0.15, 0.2) is 33.9 Å². The third-order valence-corrected chi connectivity index (χ3v) is 3.80. The lowest BCUT2D eigenvalue weighted by molar-refractivity contribution is 0.290. The van der Waals surface area contributed by atoms with Crippen LogP contribution < -0.4 is 0 Å². The van der Waals surface area contributed by atoms with Gasteiger partial charge >= 0.3 is 15.3 Å². The van der Waals surface area contributed by atoms with Gasteiger partial charge in [0.05, 0.1) is 6.61 Å².